The van der Waals surface area contributed by atoms with Crippen LogP contribution in [0, 0.1) is 0 Å². The molecule has 3 heterocycles. The van der Waals surface area contributed by atoms with Crippen molar-refractivity contribution in [3.63, 3.8) is 0 Å². The molecule has 1 aliphatic rings. The molecule has 17 heteroatoms. The van der Waals surface area contributed by atoms with Crippen LogP contribution in [0.2, 0.25) is 0 Å². The third-order valence-corrected chi connectivity index (χ3v) is 4.81. The molecule has 0 amide bonds. The number of aromatic nitrogens is 4. The number of ether oxygens (including phenoxy) is 2. The van der Waals surface area contributed by atoms with Gasteiger partial charge in [0.05, 0.1) is 19.5 Å². The molecule has 0 aromatic carbocycles. The van der Waals surface area contributed by atoms with Gasteiger partial charge in [-0.2, -0.15) is 9.97 Å². The molecular formula is C12H19N5O10P2. The number of imidazole rings is 1. The summed E-state index contributed by atoms with van der Waals surface area (Å²) in [7, 11) is -9.86. The van der Waals surface area contributed by atoms with Crippen LogP contribution in [0.3, 0.4) is 0 Å². The van der Waals surface area contributed by atoms with E-state index in [4.69, 9.17) is 36.2 Å². The Hall–Kier alpha value is -1.67. The average Bonchev–Trinajstić information content (AvgIpc) is 3.11. The van der Waals surface area contributed by atoms with Crippen molar-refractivity contribution in [1.29, 1.82) is 0 Å². The number of rotatable bonds is 8. The first kappa shape index (κ1) is 20.6. The van der Waals surface area contributed by atoms with Crippen LogP contribution < -0.4 is 10.5 Å². The molecule has 15 nitrogen and oxygen atoms in total. The van der Waals surface area contributed by atoms with Crippen molar-refractivity contribution in [3.05, 3.63) is 6.30 Å². The molecule has 0 aliphatic carbocycles. The van der Waals surface area contributed by atoms with Crippen molar-refractivity contribution in [2.75, 3.05) is 18.9 Å². The smallest absolute Gasteiger partial charge is 0.469 e. The Morgan fingerprint density at radius 3 is 2.69 bits per heavy atom. The Balaban J connectivity index is 1.96. The summed E-state index contributed by atoms with van der Waals surface area (Å²) in [5, 5.41) is 0. The van der Waals surface area contributed by atoms with Crippen LogP contribution in [0.25, 0.3) is 11.2 Å². The summed E-state index contributed by atoms with van der Waals surface area (Å²) in [6.07, 6.45) is -4.25. The maximum atomic E-state index is 11.3. The largest absolute Gasteiger partial charge is 0.476 e. The fourth-order valence-electron chi connectivity index (χ4n) is 2.76. The van der Waals surface area contributed by atoms with Gasteiger partial charge in [0.1, 0.15) is 19.8 Å². The second kappa shape index (κ2) is 8.22. The van der Waals surface area contributed by atoms with Gasteiger partial charge in [0.25, 0.3) is 0 Å². The van der Waals surface area contributed by atoms with E-state index in [-0.39, 0.29) is 42.3 Å². The lowest BCUT2D eigenvalue weighted by Crippen LogP contribution is -2.28. The van der Waals surface area contributed by atoms with Gasteiger partial charge < -0.3 is 34.8 Å². The number of phosphoric ester groups is 2. The standard InChI is InChI=1S/C12H19N5O10P2/c1-2-24-11-9-10(15-12(13)16-11)17(5-14-9)8-3-6(27-29(21,22)23)7(26-8)4-25-28(18,19)20/h5-8H,2-4H2,1H3,(H2,13,15,16)(H2,18,19,20)(H2,21,22,23)/t6-,7+,8+/m0/s1/i5T. The molecule has 6 N–H and O–H groups in total. The van der Waals surface area contributed by atoms with Gasteiger partial charge in [0.15, 0.2) is 11.2 Å². The second-order valence-electron chi connectivity index (χ2n) is 5.86. The maximum Gasteiger partial charge on any atom is 0.469 e. The predicted molar refractivity (Wildman–Crippen MR) is 94.3 cm³/mol. The lowest BCUT2D eigenvalue weighted by molar-refractivity contribution is -0.0417. The van der Waals surface area contributed by atoms with E-state index in [0.29, 0.717) is 0 Å². The van der Waals surface area contributed by atoms with Crippen LogP contribution in [0.1, 0.15) is 20.9 Å². The minimum atomic E-state index is -4.97. The Bertz CT molecular complexity index is 1020. The fraction of sp³-hybridized carbons (Fsp3) is 0.583. The highest BCUT2D eigenvalue weighted by Gasteiger charge is 2.42. The minimum Gasteiger partial charge on any atom is -0.476 e. The summed E-state index contributed by atoms with van der Waals surface area (Å²) in [6, 6.07) is 0. The van der Waals surface area contributed by atoms with Crippen molar-refractivity contribution in [2.24, 2.45) is 0 Å². The van der Waals surface area contributed by atoms with Crippen LogP contribution in [-0.4, -0.2) is 64.5 Å². The summed E-state index contributed by atoms with van der Waals surface area (Å²) in [4.78, 5) is 48.0. The van der Waals surface area contributed by atoms with Crippen LogP contribution in [0.5, 0.6) is 5.88 Å². The number of phosphoric acid groups is 2. The van der Waals surface area contributed by atoms with E-state index >= 15 is 0 Å². The summed E-state index contributed by atoms with van der Waals surface area (Å²) >= 11 is 0. The molecule has 0 saturated carbocycles. The zero-order valence-electron chi connectivity index (χ0n) is 15.9. The first-order valence-corrected chi connectivity index (χ1v) is 11.2. The zero-order valence-corrected chi connectivity index (χ0v) is 16.6. The molecule has 3 atom stereocenters. The Labute approximate surface area is 164 Å². The molecule has 0 radical (unpaired) electrons. The van der Waals surface area contributed by atoms with E-state index in [2.05, 4.69) is 24.0 Å². The van der Waals surface area contributed by atoms with Gasteiger partial charge in [0.2, 0.25) is 11.8 Å². The van der Waals surface area contributed by atoms with Crippen molar-refractivity contribution in [3.8, 4) is 5.88 Å². The number of hydrogen-bond acceptors (Lipinski definition) is 10. The summed E-state index contributed by atoms with van der Waals surface area (Å²) < 4.78 is 51.6. The van der Waals surface area contributed by atoms with E-state index in [1.54, 1.807) is 6.92 Å². The maximum absolute atomic E-state index is 11.3. The van der Waals surface area contributed by atoms with Gasteiger partial charge in [-0.05, 0) is 6.92 Å². The monoisotopic (exact) mass is 457 g/mol. The van der Waals surface area contributed by atoms with Crippen LogP contribution in [0.4, 0.5) is 5.95 Å². The van der Waals surface area contributed by atoms with Gasteiger partial charge in [0, 0.05) is 6.42 Å². The minimum absolute atomic E-state index is 0.0367. The molecule has 0 bridgehead atoms. The Kier molecular flexibility index (Phi) is 5.84. The number of nitrogens with zero attached hydrogens (tertiary/aromatic N) is 4. The highest BCUT2D eigenvalue weighted by molar-refractivity contribution is 7.46. The molecule has 3 rings (SSSR count). The molecule has 1 saturated heterocycles. The van der Waals surface area contributed by atoms with Crippen molar-refractivity contribution in [2.45, 2.75) is 31.8 Å². The van der Waals surface area contributed by atoms with Crippen LogP contribution >= 0.6 is 15.6 Å². The summed E-state index contributed by atoms with van der Waals surface area (Å²) in [6.45, 7) is 1.22. The van der Waals surface area contributed by atoms with Gasteiger partial charge in [-0.25, -0.2) is 14.1 Å². The molecule has 1 aliphatic heterocycles. The van der Waals surface area contributed by atoms with Gasteiger partial charge in [-0.3, -0.25) is 13.6 Å². The third kappa shape index (κ3) is 5.48. The molecule has 1 fully saturated rings. The normalized spacial score (nSPS) is 23.5. The van der Waals surface area contributed by atoms with Gasteiger partial charge in [-0.1, -0.05) is 0 Å². The van der Waals surface area contributed by atoms with Crippen molar-refractivity contribution in [1.82, 2.24) is 19.5 Å². The predicted octanol–water partition coefficient (Wildman–Crippen LogP) is -0.318. The van der Waals surface area contributed by atoms with Crippen molar-refractivity contribution < 1.29 is 48.6 Å². The van der Waals surface area contributed by atoms with E-state index in [1.165, 1.54) is 4.57 Å². The summed E-state index contributed by atoms with van der Waals surface area (Å²) in [5.74, 6) is -0.135. The third-order valence-electron chi connectivity index (χ3n) is 3.78. The molecular weight excluding hydrogens is 436 g/mol. The van der Waals surface area contributed by atoms with Crippen LogP contribution in [0.15, 0.2) is 6.30 Å². The number of nitrogens with two attached hydrogens (primary N) is 1. The zero-order chi connectivity index (χ0) is 22.3. The number of fused-ring (bicyclic) bond motifs is 1. The highest BCUT2D eigenvalue weighted by atomic mass is 31.2. The second-order valence-corrected chi connectivity index (χ2v) is 8.29. The van der Waals surface area contributed by atoms with Gasteiger partial charge >= 0.3 is 15.6 Å². The lowest BCUT2D eigenvalue weighted by atomic mass is 10.2. The highest BCUT2D eigenvalue weighted by Crippen LogP contribution is 2.45. The molecule has 0 unspecified atom stereocenters. The average molecular weight is 457 g/mol. The topological polar surface area (TPSA) is 222 Å². The quantitative estimate of drug-likeness (QED) is 0.321. The lowest BCUT2D eigenvalue weighted by Gasteiger charge is -2.19. The van der Waals surface area contributed by atoms with E-state index in [1.807, 2.05) is 0 Å². The fourth-order valence-corrected chi connectivity index (χ4v) is 3.68. The summed E-state index contributed by atoms with van der Waals surface area (Å²) in [5.41, 5.74) is 5.86. The molecule has 2 aromatic heterocycles. The van der Waals surface area contributed by atoms with Gasteiger partial charge in [-0.15, -0.1) is 0 Å². The van der Waals surface area contributed by atoms with E-state index < -0.39 is 40.7 Å². The first-order valence-electron chi connectivity index (χ1n) is 8.62. The molecule has 0 spiro atoms. The first-order chi connectivity index (χ1) is 13.9. The number of hydrogen-bond donors (Lipinski definition) is 5. The van der Waals surface area contributed by atoms with Crippen molar-refractivity contribution >= 4 is 32.8 Å². The number of nitrogen functional groups attached to an aromatic ring is 1. The Morgan fingerprint density at radius 2 is 2.07 bits per heavy atom. The Morgan fingerprint density at radius 1 is 1.34 bits per heavy atom. The van der Waals surface area contributed by atoms with E-state index in [9.17, 15) is 9.13 Å². The molecule has 2 aromatic rings. The molecule has 29 heavy (non-hydrogen) atoms. The molecule has 162 valence electrons. The SMILES string of the molecule is [3H]c1nc2c(OCC)nc(N)nc2n1[C@H]1C[C@H](OP(=O)(O)O)[C@@H](COP(=O)(O)O)O1. The van der Waals surface area contributed by atoms with E-state index in [0.717, 1.165) is 0 Å². The number of anilines is 1. The van der Waals surface area contributed by atoms with Crippen LogP contribution in [-0.2, 0) is 22.9 Å².